The van der Waals surface area contributed by atoms with Gasteiger partial charge in [-0.1, -0.05) is 12.1 Å². The number of hydrogen-bond acceptors (Lipinski definition) is 6. The molecule has 0 unspecified atom stereocenters. The molecule has 10 nitrogen and oxygen atoms in total. The molecule has 1 heterocycles. The number of aromatic nitrogens is 2. The van der Waals surface area contributed by atoms with E-state index in [0.29, 0.717) is 5.56 Å². The van der Waals surface area contributed by atoms with Crippen molar-refractivity contribution < 1.29 is 9.85 Å². The molecule has 0 spiro atoms. The fraction of sp³-hybridized carbons (Fsp3) is 0. The number of hydrogen-bond donors (Lipinski definition) is 2. The Morgan fingerprint density at radius 1 is 1.04 bits per heavy atom. The number of nitro groups is 2. The van der Waals surface area contributed by atoms with Crippen LogP contribution in [-0.2, 0) is 0 Å². The fourth-order valence-corrected chi connectivity index (χ4v) is 2.14. The fourth-order valence-electron chi connectivity index (χ4n) is 1.75. The minimum Gasteiger partial charge on any atom is -0.301 e. The van der Waals surface area contributed by atoms with Gasteiger partial charge in [-0.05, 0) is 33.6 Å². The Morgan fingerprint density at radius 2 is 1.74 bits per heavy atom. The summed E-state index contributed by atoms with van der Waals surface area (Å²) < 4.78 is 0.273. The summed E-state index contributed by atoms with van der Waals surface area (Å²) in [5, 5.41) is 21.7. The number of nitrogens with one attached hydrogen (secondary N) is 2. The maximum Gasteiger partial charge on any atom is 0.357 e. The Balaban J connectivity index is 2.51. The third kappa shape index (κ3) is 3.58. The van der Waals surface area contributed by atoms with Gasteiger partial charge in [0.05, 0.1) is 14.3 Å². The molecule has 0 aliphatic carbocycles. The maximum atomic E-state index is 11.5. The molecule has 118 valence electrons. The van der Waals surface area contributed by atoms with Crippen LogP contribution in [0, 0.1) is 20.2 Å². The topological polar surface area (TPSA) is 152 Å². The van der Waals surface area contributed by atoms with Crippen molar-refractivity contribution in [3.8, 4) is 0 Å². The van der Waals surface area contributed by atoms with Crippen LogP contribution in [-0.4, -0.2) is 19.8 Å². The molecule has 1 aromatic carbocycles. The van der Waals surface area contributed by atoms with E-state index in [-0.39, 0.29) is 15.9 Å². The smallest absolute Gasteiger partial charge is 0.301 e. The van der Waals surface area contributed by atoms with Gasteiger partial charge in [0.1, 0.15) is 5.69 Å². The van der Waals surface area contributed by atoms with Crippen molar-refractivity contribution in [1.29, 1.82) is 0 Å². The monoisotopic (exact) mass is 382 g/mol. The zero-order valence-electron chi connectivity index (χ0n) is 11.1. The van der Waals surface area contributed by atoms with Crippen molar-refractivity contribution in [3.63, 3.8) is 0 Å². The van der Waals surface area contributed by atoms with E-state index in [2.05, 4.69) is 20.9 Å². The van der Waals surface area contributed by atoms with Crippen LogP contribution in [0.2, 0.25) is 0 Å². The third-order valence-corrected chi connectivity index (χ3v) is 3.41. The third-order valence-electron chi connectivity index (χ3n) is 2.74. The van der Waals surface area contributed by atoms with E-state index in [1.807, 2.05) is 0 Å². The van der Waals surface area contributed by atoms with Crippen molar-refractivity contribution in [2.75, 3.05) is 0 Å². The van der Waals surface area contributed by atoms with E-state index in [9.17, 15) is 29.8 Å². The van der Waals surface area contributed by atoms with Gasteiger partial charge in [0, 0.05) is 6.07 Å². The van der Waals surface area contributed by atoms with Gasteiger partial charge in [0.15, 0.2) is 0 Å². The number of rotatable bonds is 4. The Morgan fingerprint density at radius 3 is 2.35 bits per heavy atom. The highest BCUT2D eigenvalue weighted by Crippen LogP contribution is 2.26. The number of aromatic amines is 2. The molecule has 11 heteroatoms. The summed E-state index contributed by atoms with van der Waals surface area (Å²) in [5.41, 5.74) is -3.01. The predicted octanol–water partition coefficient (Wildman–Crippen LogP) is 1.81. The highest BCUT2D eigenvalue weighted by atomic mass is 79.9. The summed E-state index contributed by atoms with van der Waals surface area (Å²) in [6.07, 6.45) is 2.43. The average Bonchev–Trinajstić information content (AvgIpc) is 2.44. The van der Waals surface area contributed by atoms with Crippen molar-refractivity contribution >= 4 is 39.5 Å². The summed E-state index contributed by atoms with van der Waals surface area (Å²) >= 11 is 3.03. The Bertz CT molecular complexity index is 945. The van der Waals surface area contributed by atoms with Crippen LogP contribution in [0.25, 0.3) is 12.2 Å². The van der Waals surface area contributed by atoms with Crippen LogP contribution in [0.3, 0.4) is 0 Å². The van der Waals surface area contributed by atoms with Crippen molar-refractivity contribution in [2.24, 2.45) is 0 Å². The number of nitro benzene ring substituents is 1. The number of H-pyrrole nitrogens is 2. The molecule has 0 radical (unpaired) electrons. The molecule has 0 saturated carbocycles. The molecule has 2 aromatic rings. The Labute approximate surface area is 134 Å². The first-order valence-electron chi connectivity index (χ1n) is 5.92. The standard InChI is InChI=1S/C12H7BrN4O6/c13-7-3-1-6(5-9(7)16(20)21)2-4-8-10(17(22)23)11(18)15-12(19)14-8/h1-5H,(H2,14,15,18,19). The van der Waals surface area contributed by atoms with Crippen molar-refractivity contribution in [3.05, 3.63) is 75.0 Å². The second kappa shape index (κ2) is 6.36. The zero-order chi connectivity index (χ0) is 17.1. The molecule has 23 heavy (non-hydrogen) atoms. The molecule has 0 fully saturated rings. The van der Waals surface area contributed by atoms with Gasteiger partial charge in [0.25, 0.3) is 5.69 Å². The lowest BCUT2D eigenvalue weighted by atomic mass is 10.1. The summed E-state index contributed by atoms with van der Waals surface area (Å²) in [7, 11) is 0. The van der Waals surface area contributed by atoms with Gasteiger partial charge in [-0.2, -0.15) is 0 Å². The maximum absolute atomic E-state index is 11.5. The van der Waals surface area contributed by atoms with Gasteiger partial charge in [-0.25, -0.2) is 4.79 Å². The number of halogens is 1. The van der Waals surface area contributed by atoms with Gasteiger partial charge in [-0.15, -0.1) is 0 Å². The lowest BCUT2D eigenvalue weighted by molar-refractivity contribution is -0.386. The number of nitrogens with zero attached hydrogens (tertiary/aromatic N) is 2. The SMILES string of the molecule is O=c1[nH]c(C=Cc2ccc(Br)c([N+](=O)[O-])c2)c([N+](=O)[O-])c(=O)[nH]1. The van der Waals surface area contributed by atoms with Gasteiger partial charge in [0.2, 0.25) is 0 Å². The Hall–Kier alpha value is -3.08. The summed E-state index contributed by atoms with van der Waals surface area (Å²) in [5.74, 6) is 0. The number of benzene rings is 1. The second-order valence-corrected chi connectivity index (χ2v) is 5.08. The molecule has 0 aliphatic heterocycles. The van der Waals surface area contributed by atoms with E-state index in [1.54, 1.807) is 4.98 Å². The van der Waals surface area contributed by atoms with Gasteiger partial charge >= 0.3 is 16.9 Å². The first kappa shape index (κ1) is 16.3. The molecular weight excluding hydrogens is 376 g/mol. The molecule has 2 N–H and O–H groups in total. The molecule has 0 amide bonds. The quantitative estimate of drug-likeness (QED) is 0.607. The van der Waals surface area contributed by atoms with Crippen LogP contribution in [0.5, 0.6) is 0 Å². The van der Waals surface area contributed by atoms with Crippen LogP contribution >= 0.6 is 15.9 Å². The first-order valence-corrected chi connectivity index (χ1v) is 6.72. The van der Waals surface area contributed by atoms with E-state index in [4.69, 9.17) is 0 Å². The average molecular weight is 383 g/mol. The predicted molar refractivity (Wildman–Crippen MR) is 84.1 cm³/mol. The normalized spacial score (nSPS) is 10.8. The highest BCUT2D eigenvalue weighted by Gasteiger charge is 2.19. The van der Waals surface area contributed by atoms with E-state index in [1.165, 1.54) is 24.3 Å². The Kier molecular flexibility index (Phi) is 4.50. The first-order chi connectivity index (χ1) is 10.8. The van der Waals surface area contributed by atoms with Crippen molar-refractivity contribution in [2.45, 2.75) is 0 Å². The lowest BCUT2D eigenvalue weighted by Gasteiger charge is -1.98. The summed E-state index contributed by atoms with van der Waals surface area (Å²) in [4.78, 5) is 46.8. The highest BCUT2D eigenvalue weighted by molar-refractivity contribution is 9.10. The molecule has 2 rings (SSSR count). The van der Waals surface area contributed by atoms with Crippen LogP contribution in [0.1, 0.15) is 11.3 Å². The summed E-state index contributed by atoms with van der Waals surface area (Å²) in [6.45, 7) is 0. The van der Waals surface area contributed by atoms with Gasteiger partial charge < -0.3 is 4.98 Å². The van der Waals surface area contributed by atoms with Crippen LogP contribution in [0.15, 0.2) is 32.3 Å². The van der Waals surface area contributed by atoms with E-state index >= 15 is 0 Å². The lowest BCUT2D eigenvalue weighted by Crippen LogP contribution is -2.25. The van der Waals surface area contributed by atoms with Crippen molar-refractivity contribution in [1.82, 2.24) is 9.97 Å². The summed E-state index contributed by atoms with van der Waals surface area (Å²) in [6, 6.07) is 4.19. The minimum absolute atomic E-state index is 0.193. The zero-order valence-corrected chi connectivity index (χ0v) is 12.7. The second-order valence-electron chi connectivity index (χ2n) is 4.23. The van der Waals surface area contributed by atoms with Crippen LogP contribution < -0.4 is 11.2 Å². The van der Waals surface area contributed by atoms with E-state index < -0.39 is 26.8 Å². The molecule has 0 atom stereocenters. The molecular formula is C12H7BrN4O6. The van der Waals surface area contributed by atoms with E-state index in [0.717, 1.165) is 6.08 Å². The molecule has 0 aliphatic rings. The molecule has 0 saturated heterocycles. The van der Waals surface area contributed by atoms with Gasteiger partial charge in [-0.3, -0.25) is 30.0 Å². The molecule has 1 aromatic heterocycles. The minimum atomic E-state index is -1.14. The largest absolute Gasteiger partial charge is 0.357 e. The molecule has 0 bridgehead atoms. The van der Waals surface area contributed by atoms with Crippen LogP contribution in [0.4, 0.5) is 11.4 Å².